The largest absolute Gasteiger partial charge is 0.378 e. The second-order valence-electron chi connectivity index (χ2n) is 9.99. The molecule has 4 heterocycles. The number of anilines is 2. The Balaban J connectivity index is 1.28. The molecule has 2 aliphatic heterocycles. The Kier molecular flexibility index (Phi) is 8.16. The predicted molar refractivity (Wildman–Crippen MR) is 157 cm³/mol. The minimum absolute atomic E-state index is 0.0264. The number of ether oxygens (including phenoxy) is 1. The zero-order valence-electron chi connectivity index (χ0n) is 23.0. The summed E-state index contributed by atoms with van der Waals surface area (Å²) in [6, 6.07) is 16.1. The van der Waals surface area contributed by atoms with E-state index in [1.54, 1.807) is 66.3 Å². The van der Waals surface area contributed by atoms with Gasteiger partial charge in [-0.3, -0.25) is 29.1 Å². The number of aromatic nitrogens is 3. The molecule has 0 spiro atoms. The third-order valence-electron chi connectivity index (χ3n) is 7.30. The van der Waals surface area contributed by atoms with Crippen molar-refractivity contribution in [3.63, 3.8) is 0 Å². The van der Waals surface area contributed by atoms with Crippen LogP contribution in [-0.2, 0) is 20.9 Å². The molecule has 13 heteroatoms. The number of amides is 4. The van der Waals surface area contributed by atoms with E-state index in [4.69, 9.17) is 4.74 Å². The maximum absolute atomic E-state index is 14.0. The third-order valence-corrected chi connectivity index (χ3v) is 7.82. The molecule has 1 fully saturated rings. The summed E-state index contributed by atoms with van der Waals surface area (Å²) in [5.41, 5.74) is 2.91. The van der Waals surface area contributed by atoms with Gasteiger partial charge in [-0.15, -0.1) is 5.10 Å². The summed E-state index contributed by atoms with van der Waals surface area (Å²) in [6.07, 6.45) is 3.19. The number of carbonyl (C=O) groups is 4. The summed E-state index contributed by atoms with van der Waals surface area (Å²) in [7, 11) is 0. The lowest BCUT2D eigenvalue weighted by Gasteiger charge is -2.31. The second-order valence-corrected chi connectivity index (χ2v) is 10.6. The summed E-state index contributed by atoms with van der Waals surface area (Å²) < 4.78 is 9.35. The zero-order chi connectivity index (χ0) is 29.8. The van der Waals surface area contributed by atoms with Crippen molar-refractivity contribution in [1.82, 2.24) is 24.4 Å². The van der Waals surface area contributed by atoms with E-state index >= 15 is 0 Å². The molecule has 0 aliphatic carbocycles. The Morgan fingerprint density at radius 3 is 2.33 bits per heavy atom. The van der Waals surface area contributed by atoms with E-state index in [1.165, 1.54) is 4.90 Å². The SMILES string of the molecule is O=C(Nc1ccc(N2CCOCC2)cc1)[C@H](c1csnn1)N(Cc1cccnc1)C(=O)CN1C(=O)c2ccccc2C1=O. The molecular formula is C30H27N7O5S. The van der Waals surface area contributed by atoms with E-state index in [9.17, 15) is 19.2 Å². The van der Waals surface area contributed by atoms with Crippen molar-refractivity contribution < 1.29 is 23.9 Å². The van der Waals surface area contributed by atoms with E-state index in [2.05, 4.69) is 24.8 Å². The molecule has 12 nitrogen and oxygen atoms in total. The Bertz CT molecular complexity index is 1590. The van der Waals surface area contributed by atoms with Gasteiger partial charge in [-0.05, 0) is 59.6 Å². The van der Waals surface area contributed by atoms with Crippen molar-refractivity contribution in [1.29, 1.82) is 0 Å². The molecule has 4 aromatic rings. The van der Waals surface area contributed by atoms with E-state index in [0.717, 1.165) is 35.2 Å². The second kappa shape index (κ2) is 12.5. The monoisotopic (exact) mass is 597 g/mol. The third kappa shape index (κ3) is 5.98. The maximum atomic E-state index is 14.0. The summed E-state index contributed by atoms with van der Waals surface area (Å²) in [6.45, 7) is 2.29. The molecule has 2 aliphatic rings. The van der Waals surface area contributed by atoms with Crippen LogP contribution in [0.15, 0.2) is 78.4 Å². The topological polar surface area (TPSA) is 138 Å². The number of carbonyl (C=O) groups excluding carboxylic acids is 4. The van der Waals surface area contributed by atoms with Gasteiger partial charge in [-0.25, -0.2) is 0 Å². The number of hydrogen-bond donors (Lipinski definition) is 1. The van der Waals surface area contributed by atoms with Gasteiger partial charge < -0.3 is 19.9 Å². The maximum Gasteiger partial charge on any atom is 0.262 e. The lowest BCUT2D eigenvalue weighted by Crippen LogP contribution is -2.47. The molecular weight excluding hydrogens is 570 g/mol. The van der Waals surface area contributed by atoms with E-state index in [1.807, 2.05) is 12.1 Å². The van der Waals surface area contributed by atoms with Crippen LogP contribution in [0.25, 0.3) is 0 Å². The Labute approximate surface area is 251 Å². The highest BCUT2D eigenvalue weighted by Crippen LogP contribution is 2.28. The van der Waals surface area contributed by atoms with Gasteiger partial charge in [-0.1, -0.05) is 22.7 Å². The lowest BCUT2D eigenvalue weighted by atomic mass is 10.1. The Hall–Kier alpha value is -5.01. The summed E-state index contributed by atoms with van der Waals surface area (Å²) in [4.78, 5) is 62.5. The molecule has 1 N–H and O–H groups in total. The van der Waals surface area contributed by atoms with Crippen molar-refractivity contribution >= 4 is 46.5 Å². The quantitative estimate of drug-likeness (QED) is 0.289. The van der Waals surface area contributed by atoms with E-state index in [0.29, 0.717) is 24.5 Å². The minimum Gasteiger partial charge on any atom is -0.378 e. The standard InChI is InChI=1S/C30H27N7O5S/c38-26(18-37-29(40)23-5-1-2-6-24(23)30(37)41)36(17-20-4-3-11-31-16-20)27(25-19-43-34-33-25)28(39)32-21-7-9-22(10-8-21)35-12-14-42-15-13-35/h1-11,16,19,27H,12-15,17-18H2,(H,32,39)/t27-/m0/s1. The summed E-state index contributed by atoms with van der Waals surface area (Å²) in [5, 5.41) is 8.62. The van der Waals surface area contributed by atoms with Crippen LogP contribution in [0.5, 0.6) is 0 Å². The van der Waals surface area contributed by atoms with Gasteiger partial charge in [0.2, 0.25) is 5.91 Å². The van der Waals surface area contributed by atoms with Gasteiger partial charge in [0.1, 0.15) is 12.2 Å². The highest BCUT2D eigenvalue weighted by atomic mass is 32.1. The number of benzene rings is 2. The normalized spacial score (nSPS) is 15.3. The average Bonchev–Trinajstić information content (AvgIpc) is 3.65. The molecule has 2 aromatic carbocycles. The van der Waals surface area contributed by atoms with Crippen LogP contribution in [0.3, 0.4) is 0 Å². The first-order valence-corrected chi connectivity index (χ1v) is 14.5. The number of hydrogen-bond acceptors (Lipinski definition) is 10. The highest BCUT2D eigenvalue weighted by molar-refractivity contribution is 7.03. The Morgan fingerprint density at radius 2 is 1.70 bits per heavy atom. The molecule has 2 aromatic heterocycles. The molecule has 4 amide bonds. The number of pyridine rings is 1. The average molecular weight is 598 g/mol. The van der Waals surface area contributed by atoms with Gasteiger partial charge in [0, 0.05) is 48.8 Å². The van der Waals surface area contributed by atoms with Crippen LogP contribution in [0, 0.1) is 0 Å². The van der Waals surface area contributed by atoms with Crippen molar-refractivity contribution in [2.75, 3.05) is 43.1 Å². The molecule has 218 valence electrons. The fourth-order valence-corrected chi connectivity index (χ4v) is 5.61. The number of fused-ring (bicyclic) bond motifs is 1. The fourth-order valence-electron chi connectivity index (χ4n) is 5.13. The summed E-state index contributed by atoms with van der Waals surface area (Å²) in [5.74, 6) is -2.26. The Morgan fingerprint density at radius 1 is 0.977 bits per heavy atom. The van der Waals surface area contributed by atoms with Crippen LogP contribution in [0.4, 0.5) is 11.4 Å². The van der Waals surface area contributed by atoms with Crippen LogP contribution in [0.1, 0.15) is 38.0 Å². The van der Waals surface area contributed by atoms with Gasteiger partial charge in [0.05, 0.1) is 24.3 Å². The zero-order valence-corrected chi connectivity index (χ0v) is 23.8. The number of rotatable bonds is 9. The van der Waals surface area contributed by atoms with Crippen LogP contribution in [0.2, 0.25) is 0 Å². The van der Waals surface area contributed by atoms with E-state index < -0.39 is 36.2 Å². The first-order valence-electron chi connectivity index (χ1n) is 13.6. The molecule has 6 rings (SSSR count). The van der Waals surface area contributed by atoms with Crippen molar-refractivity contribution in [2.45, 2.75) is 12.6 Å². The van der Waals surface area contributed by atoms with Crippen LogP contribution < -0.4 is 10.2 Å². The van der Waals surface area contributed by atoms with Crippen molar-refractivity contribution in [3.8, 4) is 0 Å². The molecule has 0 radical (unpaired) electrons. The molecule has 43 heavy (non-hydrogen) atoms. The van der Waals surface area contributed by atoms with Crippen molar-refractivity contribution in [3.05, 3.63) is 101 Å². The number of morpholine rings is 1. The molecule has 1 atom stereocenters. The highest BCUT2D eigenvalue weighted by Gasteiger charge is 2.40. The van der Waals surface area contributed by atoms with Gasteiger partial charge in [0.15, 0.2) is 6.04 Å². The molecule has 1 saturated heterocycles. The van der Waals surface area contributed by atoms with Gasteiger partial charge in [0.25, 0.3) is 17.7 Å². The molecule has 0 bridgehead atoms. The number of nitrogens with one attached hydrogen (secondary N) is 1. The van der Waals surface area contributed by atoms with Gasteiger partial charge in [-0.2, -0.15) is 0 Å². The van der Waals surface area contributed by atoms with E-state index in [-0.39, 0.29) is 23.4 Å². The first kappa shape index (κ1) is 28.1. The van der Waals surface area contributed by atoms with Crippen LogP contribution >= 0.6 is 11.5 Å². The molecule has 0 saturated carbocycles. The smallest absolute Gasteiger partial charge is 0.262 e. The van der Waals surface area contributed by atoms with Crippen molar-refractivity contribution in [2.24, 2.45) is 0 Å². The first-order chi connectivity index (χ1) is 21.0. The molecule has 0 unspecified atom stereocenters. The number of nitrogens with zero attached hydrogens (tertiary/aromatic N) is 6. The number of imide groups is 1. The summed E-state index contributed by atoms with van der Waals surface area (Å²) >= 11 is 1.04. The lowest BCUT2D eigenvalue weighted by molar-refractivity contribution is -0.140. The fraction of sp³-hybridized carbons (Fsp3) is 0.233. The predicted octanol–water partition coefficient (Wildman–Crippen LogP) is 2.77. The van der Waals surface area contributed by atoms with Gasteiger partial charge >= 0.3 is 0 Å². The van der Waals surface area contributed by atoms with Crippen LogP contribution in [-0.4, -0.2) is 80.8 Å². The minimum atomic E-state index is -1.21.